The molecule has 116 valence electrons. The summed E-state index contributed by atoms with van der Waals surface area (Å²) in [6.45, 7) is 5.65. The molecule has 0 saturated heterocycles. The zero-order valence-electron chi connectivity index (χ0n) is 12.7. The lowest BCUT2D eigenvalue weighted by molar-refractivity contribution is 0.0531. The van der Waals surface area contributed by atoms with Crippen LogP contribution in [0.5, 0.6) is 0 Å². The van der Waals surface area contributed by atoms with E-state index in [4.69, 9.17) is 10.5 Å². The van der Waals surface area contributed by atoms with Gasteiger partial charge in [0.05, 0.1) is 17.2 Å². The lowest BCUT2D eigenvalue weighted by Gasteiger charge is -2.07. The normalized spacial score (nSPS) is 10.3. The molecule has 3 N–H and O–H groups in total. The van der Waals surface area contributed by atoms with Crippen LogP contribution >= 0.6 is 11.3 Å². The maximum absolute atomic E-state index is 12.4. The number of nitrogen functional groups attached to an aromatic ring is 1. The second-order valence-electron chi connectivity index (χ2n) is 4.84. The van der Waals surface area contributed by atoms with E-state index in [0.717, 1.165) is 16.9 Å². The second-order valence-corrected chi connectivity index (χ2v) is 5.89. The molecule has 6 heteroatoms. The van der Waals surface area contributed by atoms with Gasteiger partial charge in [0, 0.05) is 5.69 Å². The molecule has 0 atom stereocenters. The van der Waals surface area contributed by atoms with E-state index >= 15 is 0 Å². The van der Waals surface area contributed by atoms with Crippen molar-refractivity contribution < 1.29 is 14.3 Å². The molecule has 1 aromatic heterocycles. The highest BCUT2D eigenvalue weighted by Crippen LogP contribution is 2.31. The second kappa shape index (κ2) is 6.62. The Hall–Kier alpha value is -2.34. The summed E-state index contributed by atoms with van der Waals surface area (Å²) < 4.78 is 4.98. The van der Waals surface area contributed by atoms with Gasteiger partial charge in [0.1, 0.15) is 4.88 Å². The number of carbonyl (C=O) groups excluding carboxylic acids is 2. The summed E-state index contributed by atoms with van der Waals surface area (Å²) >= 11 is 1.07. The molecule has 0 aliphatic rings. The third-order valence-electron chi connectivity index (χ3n) is 3.14. The van der Waals surface area contributed by atoms with E-state index in [1.807, 2.05) is 25.1 Å². The minimum Gasteiger partial charge on any atom is -0.462 e. The maximum Gasteiger partial charge on any atom is 0.348 e. The van der Waals surface area contributed by atoms with Crippen molar-refractivity contribution in [3.63, 3.8) is 0 Å². The molecule has 0 spiro atoms. The van der Waals surface area contributed by atoms with Gasteiger partial charge >= 0.3 is 5.97 Å². The van der Waals surface area contributed by atoms with E-state index in [2.05, 4.69) is 5.32 Å². The molecular formula is C16H18N2O3S. The quantitative estimate of drug-likeness (QED) is 0.847. The number of esters is 1. The fourth-order valence-corrected chi connectivity index (χ4v) is 3.09. The Morgan fingerprint density at radius 3 is 2.68 bits per heavy atom. The van der Waals surface area contributed by atoms with Crippen LogP contribution in [0.15, 0.2) is 24.3 Å². The van der Waals surface area contributed by atoms with E-state index in [-0.39, 0.29) is 12.5 Å². The highest BCUT2D eigenvalue weighted by molar-refractivity contribution is 7.18. The molecule has 1 aromatic carbocycles. The predicted octanol–water partition coefficient (Wildman–Crippen LogP) is 3.38. The van der Waals surface area contributed by atoms with Crippen LogP contribution in [0.1, 0.15) is 38.1 Å². The van der Waals surface area contributed by atoms with Crippen LogP contribution in [0.3, 0.4) is 0 Å². The number of hydrogen-bond acceptors (Lipinski definition) is 5. The Morgan fingerprint density at radius 1 is 1.32 bits per heavy atom. The average Bonchev–Trinajstić information content (AvgIpc) is 2.74. The minimum atomic E-state index is -0.452. The van der Waals surface area contributed by atoms with Crippen LogP contribution in [0.4, 0.5) is 10.7 Å². The Balaban J connectivity index is 2.28. The summed E-state index contributed by atoms with van der Waals surface area (Å²) in [5.41, 5.74) is 8.52. The smallest absolute Gasteiger partial charge is 0.348 e. The lowest BCUT2D eigenvalue weighted by Crippen LogP contribution is -2.14. The first-order chi connectivity index (χ1) is 10.4. The zero-order chi connectivity index (χ0) is 16.3. The number of ether oxygens (including phenoxy) is 1. The summed E-state index contributed by atoms with van der Waals surface area (Å²) in [5.74, 6) is -0.779. The fraction of sp³-hybridized carbons (Fsp3) is 0.250. The first-order valence-electron chi connectivity index (χ1n) is 6.88. The van der Waals surface area contributed by atoms with Gasteiger partial charge in [0.15, 0.2) is 0 Å². The number of rotatable bonds is 4. The van der Waals surface area contributed by atoms with Gasteiger partial charge in [-0.3, -0.25) is 4.79 Å². The molecule has 0 aliphatic heterocycles. The Bertz CT molecular complexity index is 722. The Labute approximate surface area is 133 Å². The number of nitrogens with two attached hydrogens (primary N) is 1. The number of anilines is 2. The van der Waals surface area contributed by atoms with Gasteiger partial charge in [0.25, 0.3) is 5.91 Å². The predicted molar refractivity (Wildman–Crippen MR) is 88.6 cm³/mol. The summed E-state index contributed by atoms with van der Waals surface area (Å²) in [5, 5.41) is 3.11. The third kappa shape index (κ3) is 3.28. The van der Waals surface area contributed by atoms with Gasteiger partial charge in [-0.25, -0.2) is 4.79 Å². The van der Waals surface area contributed by atoms with Crippen LogP contribution in [0.25, 0.3) is 0 Å². The number of benzene rings is 1. The highest BCUT2D eigenvalue weighted by Gasteiger charge is 2.24. The molecule has 0 unspecified atom stereocenters. The standard InChI is InChI=1S/C16H18N2O3S/c1-4-21-16(20)13-10(3)12(14(17)22-13)15(19)18-11-7-5-6-9(2)8-11/h5-8H,4,17H2,1-3H3,(H,18,19). The van der Waals surface area contributed by atoms with Crippen molar-refractivity contribution in [3.8, 4) is 0 Å². The molecule has 0 aliphatic carbocycles. The monoisotopic (exact) mass is 318 g/mol. The summed E-state index contributed by atoms with van der Waals surface area (Å²) in [7, 11) is 0. The number of carbonyl (C=O) groups is 2. The van der Waals surface area contributed by atoms with Crippen molar-refractivity contribution in [1.29, 1.82) is 0 Å². The maximum atomic E-state index is 12.4. The molecular weight excluding hydrogens is 300 g/mol. The van der Waals surface area contributed by atoms with Crippen LogP contribution in [-0.2, 0) is 4.74 Å². The molecule has 1 heterocycles. The molecule has 2 aromatic rings. The molecule has 2 rings (SSSR count). The first kappa shape index (κ1) is 16.0. The van der Waals surface area contributed by atoms with Crippen molar-refractivity contribution in [3.05, 3.63) is 45.8 Å². The fourth-order valence-electron chi connectivity index (χ4n) is 2.13. The highest BCUT2D eigenvalue weighted by atomic mass is 32.1. The van der Waals surface area contributed by atoms with E-state index < -0.39 is 5.97 Å². The van der Waals surface area contributed by atoms with Crippen LogP contribution in [0.2, 0.25) is 0 Å². The van der Waals surface area contributed by atoms with Crippen LogP contribution in [-0.4, -0.2) is 18.5 Å². The van der Waals surface area contributed by atoms with Crippen LogP contribution in [0, 0.1) is 13.8 Å². The van der Waals surface area contributed by atoms with Crippen molar-refractivity contribution in [2.45, 2.75) is 20.8 Å². The SMILES string of the molecule is CCOC(=O)c1sc(N)c(C(=O)Nc2cccc(C)c2)c1C. The summed E-state index contributed by atoms with van der Waals surface area (Å²) in [6.07, 6.45) is 0. The molecule has 1 amide bonds. The molecule has 0 bridgehead atoms. The molecule has 0 saturated carbocycles. The number of nitrogens with one attached hydrogen (secondary N) is 1. The third-order valence-corrected chi connectivity index (χ3v) is 4.24. The molecule has 22 heavy (non-hydrogen) atoms. The number of hydrogen-bond donors (Lipinski definition) is 2. The number of aryl methyl sites for hydroxylation is 1. The lowest BCUT2D eigenvalue weighted by atomic mass is 10.1. The number of amides is 1. The molecule has 0 fully saturated rings. The molecule has 0 radical (unpaired) electrons. The van der Waals surface area contributed by atoms with Crippen molar-refractivity contribution in [1.82, 2.24) is 0 Å². The Kier molecular flexibility index (Phi) is 4.82. The van der Waals surface area contributed by atoms with Gasteiger partial charge in [-0.05, 0) is 44.0 Å². The average molecular weight is 318 g/mol. The number of thiophene rings is 1. The summed E-state index contributed by atoms with van der Waals surface area (Å²) in [4.78, 5) is 24.7. The van der Waals surface area contributed by atoms with Gasteiger partial charge in [-0.1, -0.05) is 12.1 Å². The van der Waals surface area contributed by atoms with Gasteiger partial charge < -0.3 is 15.8 Å². The van der Waals surface area contributed by atoms with Crippen molar-refractivity contribution in [2.75, 3.05) is 17.7 Å². The minimum absolute atomic E-state index is 0.279. The largest absolute Gasteiger partial charge is 0.462 e. The Morgan fingerprint density at radius 2 is 2.05 bits per heavy atom. The van der Waals surface area contributed by atoms with E-state index in [9.17, 15) is 9.59 Å². The van der Waals surface area contributed by atoms with Gasteiger partial charge in [0.2, 0.25) is 0 Å². The van der Waals surface area contributed by atoms with Crippen molar-refractivity contribution >= 4 is 33.9 Å². The summed E-state index contributed by atoms with van der Waals surface area (Å²) in [6, 6.07) is 7.47. The van der Waals surface area contributed by atoms with Gasteiger partial charge in [-0.2, -0.15) is 0 Å². The topological polar surface area (TPSA) is 81.4 Å². The first-order valence-corrected chi connectivity index (χ1v) is 7.69. The van der Waals surface area contributed by atoms with E-state index in [0.29, 0.717) is 26.7 Å². The van der Waals surface area contributed by atoms with Crippen LogP contribution < -0.4 is 11.1 Å². The van der Waals surface area contributed by atoms with E-state index in [1.54, 1.807) is 19.9 Å². The van der Waals surface area contributed by atoms with Gasteiger partial charge in [-0.15, -0.1) is 11.3 Å². The molecule has 5 nitrogen and oxygen atoms in total. The van der Waals surface area contributed by atoms with Crippen molar-refractivity contribution in [2.24, 2.45) is 0 Å². The zero-order valence-corrected chi connectivity index (χ0v) is 13.5. The van der Waals surface area contributed by atoms with E-state index in [1.165, 1.54) is 0 Å².